The Morgan fingerprint density at radius 3 is 2.39 bits per heavy atom. The van der Waals surface area contributed by atoms with E-state index in [-0.39, 0.29) is 17.2 Å². The van der Waals surface area contributed by atoms with Gasteiger partial charge in [-0.15, -0.1) is 0 Å². The van der Waals surface area contributed by atoms with Crippen molar-refractivity contribution in [2.75, 3.05) is 23.8 Å². The molecule has 3 aromatic rings. The number of hydrogen-bond acceptors (Lipinski definition) is 6. The van der Waals surface area contributed by atoms with Crippen LogP contribution in [0.25, 0.3) is 0 Å². The molecule has 31 heavy (non-hydrogen) atoms. The molecule has 0 spiro atoms. The molecular weight excluding hydrogens is 436 g/mol. The number of benzene rings is 3. The number of methoxy groups -OCH3 is 1. The molecule has 0 aliphatic rings. The smallest absolute Gasteiger partial charge is 0.411 e. The van der Waals surface area contributed by atoms with Crippen molar-refractivity contribution in [2.24, 2.45) is 0 Å². The fourth-order valence-corrected chi connectivity index (χ4v) is 4.78. The highest BCUT2D eigenvalue weighted by atomic mass is 32.2. The van der Waals surface area contributed by atoms with Crippen molar-refractivity contribution in [2.45, 2.75) is 21.6 Å². The van der Waals surface area contributed by atoms with E-state index < -0.39 is 16.1 Å². The van der Waals surface area contributed by atoms with Crippen LogP contribution in [0.15, 0.2) is 87.5 Å². The van der Waals surface area contributed by atoms with Gasteiger partial charge in [0.25, 0.3) is 10.0 Å². The van der Waals surface area contributed by atoms with Gasteiger partial charge in [-0.1, -0.05) is 42.1 Å². The maximum Gasteiger partial charge on any atom is 0.411 e. The van der Waals surface area contributed by atoms with Crippen LogP contribution in [0.1, 0.15) is 6.92 Å². The monoisotopic (exact) mass is 458 g/mol. The summed E-state index contributed by atoms with van der Waals surface area (Å²) < 4.78 is 38.8. The topological polar surface area (TPSA) is 93.7 Å². The van der Waals surface area contributed by atoms with Crippen LogP contribution in [0.3, 0.4) is 0 Å². The van der Waals surface area contributed by atoms with E-state index >= 15 is 0 Å². The second kappa shape index (κ2) is 10.2. The van der Waals surface area contributed by atoms with Gasteiger partial charge in [0.1, 0.15) is 5.75 Å². The Labute approximate surface area is 185 Å². The molecule has 0 saturated carbocycles. The molecule has 0 atom stereocenters. The Kier molecular flexibility index (Phi) is 7.43. The third-order valence-corrected chi connectivity index (χ3v) is 6.54. The number of carbonyl (C=O) groups is 1. The lowest BCUT2D eigenvalue weighted by atomic mass is 10.3. The van der Waals surface area contributed by atoms with Crippen LogP contribution in [0.4, 0.5) is 16.2 Å². The van der Waals surface area contributed by atoms with Crippen molar-refractivity contribution in [3.05, 3.63) is 72.8 Å². The number of para-hydroxylation sites is 1. The maximum absolute atomic E-state index is 13.1. The zero-order valence-electron chi connectivity index (χ0n) is 17.0. The van der Waals surface area contributed by atoms with Gasteiger partial charge in [-0.3, -0.25) is 10.0 Å². The van der Waals surface area contributed by atoms with Crippen LogP contribution < -0.4 is 14.8 Å². The Balaban J connectivity index is 1.88. The van der Waals surface area contributed by atoms with Crippen LogP contribution >= 0.6 is 11.8 Å². The van der Waals surface area contributed by atoms with Gasteiger partial charge in [0.05, 0.1) is 30.0 Å². The first-order valence-electron chi connectivity index (χ1n) is 9.39. The summed E-state index contributed by atoms with van der Waals surface area (Å²) in [5.74, 6) is 0.312. The van der Waals surface area contributed by atoms with Gasteiger partial charge in [0.2, 0.25) is 0 Å². The zero-order valence-corrected chi connectivity index (χ0v) is 18.6. The Hall–Kier alpha value is -3.17. The van der Waals surface area contributed by atoms with E-state index in [4.69, 9.17) is 9.47 Å². The fourth-order valence-electron chi connectivity index (χ4n) is 2.69. The van der Waals surface area contributed by atoms with Crippen molar-refractivity contribution < 1.29 is 22.7 Å². The zero-order chi connectivity index (χ0) is 22.3. The number of carbonyl (C=O) groups excluding carboxylic acids is 1. The van der Waals surface area contributed by atoms with Gasteiger partial charge in [-0.2, -0.15) is 0 Å². The van der Waals surface area contributed by atoms with E-state index in [1.165, 1.54) is 37.1 Å². The Bertz CT molecular complexity index is 1150. The minimum atomic E-state index is -3.93. The quantitative estimate of drug-likeness (QED) is 0.481. The molecular formula is C22H22N2O5S2. The molecule has 1 amide bonds. The molecule has 0 radical (unpaired) electrons. The molecule has 3 aromatic carbocycles. The fraction of sp³-hybridized carbons (Fsp3) is 0.136. The molecule has 9 heteroatoms. The summed E-state index contributed by atoms with van der Waals surface area (Å²) in [7, 11) is -2.51. The predicted molar refractivity (Wildman–Crippen MR) is 121 cm³/mol. The van der Waals surface area contributed by atoms with Crippen molar-refractivity contribution >= 4 is 39.3 Å². The summed E-state index contributed by atoms with van der Waals surface area (Å²) in [4.78, 5) is 13.5. The summed E-state index contributed by atoms with van der Waals surface area (Å²) in [6, 6.07) is 21.0. The van der Waals surface area contributed by atoms with Gasteiger partial charge in [-0.05, 0) is 49.4 Å². The number of anilines is 2. The number of hydrogen-bond donors (Lipinski definition) is 2. The Morgan fingerprint density at radius 1 is 0.968 bits per heavy atom. The van der Waals surface area contributed by atoms with E-state index in [1.807, 2.05) is 42.5 Å². The number of sulfonamides is 1. The standard InChI is InChI=1S/C22H22N2O5S2/c1-3-29-22(25)23-19-15-17(13-14-20(19)28-2)31(26,27)24-18-11-7-8-12-21(18)30-16-9-5-4-6-10-16/h4-15,24H,3H2,1-2H3,(H,23,25). The van der Waals surface area contributed by atoms with Crippen LogP contribution in [0.2, 0.25) is 0 Å². The molecule has 3 rings (SSSR count). The summed E-state index contributed by atoms with van der Waals surface area (Å²) in [6.45, 7) is 1.86. The Morgan fingerprint density at radius 2 is 1.68 bits per heavy atom. The SMILES string of the molecule is CCOC(=O)Nc1cc(S(=O)(=O)Nc2ccccc2Sc2ccccc2)ccc1OC. The van der Waals surface area contributed by atoms with Crippen molar-refractivity contribution in [3.8, 4) is 5.75 Å². The molecule has 7 nitrogen and oxygen atoms in total. The van der Waals surface area contributed by atoms with Gasteiger partial charge in [-0.25, -0.2) is 13.2 Å². The first kappa shape index (κ1) is 22.5. The van der Waals surface area contributed by atoms with Crippen LogP contribution in [-0.4, -0.2) is 28.2 Å². The minimum Gasteiger partial charge on any atom is -0.495 e. The molecule has 0 unspecified atom stereocenters. The third-order valence-electron chi connectivity index (χ3n) is 4.10. The maximum atomic E-state index is 13.1. The number of nitrogens with one attached hydrogen (secondary N) is 2. The van der Waals surface area contributed by atoms with Crippen LogP contribution in [0.5, 0.6) is 5.75 Å². The third kappa shape index (κ3) is 5.93. The average Bonchev–Trinajstić information content (AvgIpc) is 2.76. The molecule has 0 aromatic heterocycles. The summed E-state index contributed by atoms with van der Waals surface area (Å²) in [5.41, 5.74) is 0.642. The second-order valence-electron chi connectivity index (χ2n) is 6.22. The summed E-state index contributed by atoms with van der Waals surface area (Å²) in [5, 5.41) is 2.50. The molecule has 0 aliphatic heterocycles. The largest absolute Gasteiger partial charge is 0.495 e. The highest BCUT2D eigenvalue weighted by Gasteiger charge is 2.19. The molecule has 162 valence electrons. The second-order valence-corrected chi connectivity index (χ2v) is 9.02. The van der Waals surface area contributed by atoms with Crippen LogP contribution in [0, 0.1) is 0 Å². The molecule has 0 heterocycles. The van der Waals surface area contributed by atoms with Crippen molar-refractivity contribution in [1.82, 2.24) is 0 Å². The van der Waals surface area contributed by atoms with Gasteiger partial charge in [0.15, 0.2) is 0 Å². The summed E-state index contributed by atoms with van der Waals surface area (Å²) >= 11 is 1.45. The summed E-state index contributed by atoms with van der Waals surface area (Å²) in [6.07, 6.45) is -0.701. The van der Waals surface area contributed by atoms with Gasteiger partial charge >= 0.3 is 6.09 Å². The first-order valence-corrected chi connectivity index (χ1v) is 11.7. The van der Waals surface area contributed by atoms with Crippen molar-refractivity contribution in [1.29, 1.82) is 0 Å². The highest BCUT2D eigenvalue weighted by molar-refractivity contribution is 7.99. The van der Waals surface area contributed by atoms with E-state index in [0.717, 1.165) is 9.79 Å². The van der Waals surface area contributed by atoms with Crippen LogP contribution in [-0.2, 0) is 14.8 Å². The van der Waals surface area contributed by atoms with E-state index in [0.29, 0.717) is 11.4 Å². The van der Waals surface area contributed by atoms with Gasteiger partial charge < -0.3 is 9.47 Å². The van der Waals surface area contributed by atoms with E-state index in [1.54, 1.807) is 19.1 Å². The number of rotatable bonds is 8. The molecule has 0 aliphatic carbocycles. The average molecular weight is 459 g/mol. The number of ether oxygens (including phenoxy) is 2. The lowest BCUT2D eigenvalue weighted by Gasteiger charge is -2.15. The molecule has 2 N–H and O–H groups in total. The normalized spacial score (nSPS) is 10.9. The first-order chi connectivity index (χ1) is 14.9. The van der Waals surface area contributed by atoms with E-state index in [9.17, 15) is 13.2 Å². The van der Waals surface area contributed by atoms with Gasteiger partial charge in [0, 0.05) is 9.79 Å². The minimum absolute atomic E-state index is 0.0281. The molecule has 0 bridgehead atoms. The van der Waals surface area contributed by atoms with Crippen molar-refractivity contribution in [3.63, 3.8) is 0 Å². The number of amides is 1. The lowest BCUT2D eigenvalue weighted by molar-refractivity contribution is 0.168. The predicted octanol–water partition coefficient (Wildman–Crippen LogP) is 5.22. The lowest BCUT2D eigenvalue weighted by Crippen LogP contribution is -2.16. The molecule has 0 fully saturated rings. The van der Waals surface area contributed by atoms with E-state index in [2.05, 4.69) is 10.0 Å². The molecule has 0 saturated heterocycles. The highest BCUT2D eigenvalue weighted by Crippen LogP contribution is 2.35.